The van der Waals surface area contributed by atoms with Crippen molar-refractivity contribution in [2.75, 3.05) is 16.8 Å². The van der Waals surface area contributed by atoms with E-state index < -0.39 is 0 Å². The summed E-state index contributed by atoms with van der Waals surface area (Å²) in [6.07, 6.45) is 0.429. The molecular weight excluding hydrogens is 315 g/mol. The SMILES string of the molecule is CC(C)C(C)SCCC(=O)Nc1c(Cl)cc(N)cc1Cl. The first-order valence-electron chi connectivity index (χ1n) is 6.47. The molecule has 0 spiro atoms. The number of carbonyl (C=O) groups is 1. The highest BCUT2D eigenvalue weighted by atomic mass is 35.5. The average molecular weight is 335 g/mol. The van der Waals surface area contributed by atoms with E-state index in [0.29, 0.717) is 39.0 Å². The third-order valence-corrected chi connectivity index (χ3v) is 5.08. The van der Waals surface area contributed by atoms with Gasteiger partial charge in [-0.05, 0) is 18.1 Å². The minimum Gasteiger partial charge on any atom is -0.399 e. The highest BCUT2D eigenvalue weighted by Crippen LogP contribution is 2.33. The molecule has 1 rings (SSSR count). The van der Waals surface area contributed by atoms with Gasteiger partial charge >= 0.3 is 0 Å². The van der Waals surface area contributed by atoms with Crippen molar-refractivity contribution in [3.63, 3.8) is 0 Å². The summed E-state index contributed by atoms with van der Waals surface area (Å²) in [5, 5.41) is 3.98. The maximum absolute atomic E-state index is 11.9. The number of rotatable bonds is 6. The number of benzene rings is 1. The van der Waals surface area contributed by atoms with E-state index in [1.165, 1.54) is 0 Å². The van der Waals surface area contributed by atoms with Gasteiger partial charge in [0.2, 0.25) is 5.91 Å². The molecule has 1 unspecified atom stereocenters. The Hall–Kier alpha value is -0.580. The Morgan fingerprint density at radius 2 is 1.85 bits per heavy atom. The highest BCUT2D eigenvalue weighted by Gasteiger charge is 2.12. The van der Waals surface area contributed by atoms with E-state index >= 15 is 0 Å². The highest BCUT2D eigenvalue weighted by molar-refractivity contribution is 7.99. The second-order valence-electron chi connectivity index (χ2n) is 4.98. The van der Waals surface area contributed by atoms with Crippen molar-refractivity contribution < 1.29 is 4.79 Å². The Morgan fingerprint density at radius 1 is 1.30 bits per heavy atom. The lowest BCUT2D eigenvalue weighted by Crippen LogP contribution is -2.14. The van der Waals surface area contributed by atoms with Crippen LogP contribution < -0.4 is 11.1 Å². The lowest BCUT2D eigenvalue weighted by molar-refractivity contribution is -0.115. The molecule has 1 aromatic carbocycles. The summed E-state index contributed by atoms with van der Waals surface area (Å²) in [7, 11) is 0. The van der Waals surface area contributed by atoms with Crippen molar-refractivity contribution in [2.45, 2.75) is 32.4 Å². The number of hydrogen-bond donors (Lipinski definition) is 2. The molecular formula is C14H20Cl2N2OS. The molecule has 0 fully saturated rings. The summed E-state index contributed by atoms with van der Waals surface area (Å²) >= 11 is 13.8. The quantitative estimate of drug-likeness (QED) is 0.742. The first-order valence-corrected chi connectivity index (χ1v) is 8.27. The summed E-state index contributed by atoms with van der Waals surface area (Å²) in [4.78, 5) is 11.9. The summed E-state index contributed by atoms with van der Waals surface area (Å²) in [5.74, 6) is 1.28. The number of anilines is 2. The molecule has 0 bridgehead atoms. The van der Waals surface area contributed by atoms with E-state index in [-0.39, 0.29) is 5.91 Å². The molecule has 0 saturated carbocycles. The van der Waals surface area contributed by atoms with Gasteiger partial charge in [0.1, 0.15) is 0 Å². The lowest BCUT2D eigenvalue weighted by Gasteiger charge is -2.15. The van der Waals surface area contributed by atoms with Gasteiger partial charge in [-0.25, -0.2) is 0 Å². The Balaban J connectivity index is 2.51. The zero-order chi connectivity index (χ0) is 15.3. The Kier molecular flexibility index (Phi) is 7.00. The molecule has 0 aliphatic heterocycles. The van der Waals surface area contributed by atoms with E-state index in [4.69, 9.17) is 28.9 Å². The van der Waals surface area contributed by atoms with Crippen molar-refractivity contribution in [1.82, 2.24) is 0 Å². The normalized spacial score (nSPS) is 12.5. The van der Waals surface area contributed by atoms with Crippen LogP contribution in [0.5, 0.6) is 0 Å². The molecule has 3 nitrogen and oxygen atoms in total. The van der Waals surface area contributed by atoms with Crippen LogP contribution in [-0.2, 0) is 4.79 Å². The number of thioether (sulfide) groups is 1. The predicted molar refractivity (Wildman–Crippen MR) is 90.9 cm³/mol. The van der Waals surface area contributed by atoms with E-state index in [0.717, 1.165) is 5.75 Å². The van der Waals surface area contributed by atoms with Crippen LogP contribution in [0.15, 0.2) is 12.1 Å². The molecule has 1 amide bonds. The van der Waals surface area contributed by atoms with E-state index in [9.17, 15) is 4.79 Å². The lowest BCUT2D eigenvalue weighted by atomic mass is 10.2. The average Bonchev–Trinajstić information content (AvgIpc) is 2.33. The van der Waals surface area contributed by atoms with Crippen LogP contribution in [0.4, 0.5) is 11.4 Å². The second kappa shape index (κ2) is 8.01. The molecule has 1 aromatic rings. The Bertz CT molecular complexity index is 457. The molecule has 1 atom stereocenters. The Labute approximate surface area is 134 Å². The fraction of sp³-hybridized carbons (Fsp3) is 0.500. The van der Waals surface area contributed by atoms with Gasteiger partial charge in [-0.2, -0.15) is 11.8 Å². The third kappa shape index (κ3) is 5.43. The van der Waals surface area contributed by atoms with Crippen LogP contribution in [0.3, 0.4) is 0 Å². The summed E-state index contributed by atoms with van der Waals surface area (Å²) in [5.41, 5.74) is 6.51. The van der Waals surface area contributed by atoms with E-state index in [1.54, 1.807) is 23.9 Å². The molecule has 6 heteroatoms. The summed E-state index contributed by atoms with van der Waals surface area (Å²) < 4.78 is 0. The van der Waals surface area contributed by atoms with Gasteiger partial charge in [0, 0.05) is 23.1 Å². The summed E-state index contributed by atoms with van der Waals surface area (Å²) in [6, 6.07) is 3.14. The first kappa shape index (κ1) is 17.5. The van der Waals surface area contributed by atoms with E-state index in [2.05, 4.69) is 26.1 Å². The smallest absolute Gasteiger partial charge is 0.225 e. The van der Waals surface area contributed by atoms with Gasteiger partial charge in [-0.1, -0.05) is 44.0 Å². The molecule has 0 aromatic heterocycles. The van der Waals surface area contributed by atoms with E-state index in [1.807, 2.05) is 0 Å². The molecule has 112 valence electrons. The van der Waals surface area contributed by atoms with Crippen molar-refractivity contribution in [1.29, 1.82) is 0 Å². The van der Waals surface area contributed by atoms with Gasteiger partial charge < -0.3 is 11.1 Å². The van der Waals surface area contributed by atoms with Gasteiger partial charge in [0.15, 0.2) is 0 Å². The molecule has 0 saturated heterocycles. The zero-order valence-electron chi connectivity index (χ0n) is 11.9. The summed E-state index contributed by atoms with van der Waals surface area (Å²) in [6.45, 7) is 6.51. The third-order valence-electron chi connectivity index (χ3n) is 2.98. The van der Waals surface area contributed by atoms with Gasteiger partial charge in [-0.15, -0.1) is 0 Å². The molecule has 3 N–H and O–H groups in total. The molecule has 0 radical (unpaired) electrons. The largest absolute Gasteiger partial charge is 0.399 e. The minimum atomic E-state index is -0.0953. The maximum atomic E-state index is 11.9. The fourth-order valence-electron chi connectivity index (χ4n) is 1.44. The molecule has 0 heterocycles. The van der Waals surface area contributed by atoms with Crippen molar-refractivity contribution in [3.05, 3.63) is 22.2 Å². The Morgan fingerprint density at radius 3 is 2.35 bits per heavy atom. The van der Waals surface area contributed by atoms with Crippen molar-refractivity contribution >= 4 is 52.2 Å². The van der Waals surface area contributed by atoms with Crippen molar-refractivity contribution in [2.24, 2.45) is 5.92 Å². The van der Waals surface area contributed by atoms with Gasteiger partial charge in [0.05, 0.1) is 15.7 Å². The maximum Gasteiger partial charge on any atom is 0.225 e. The van der Waals surface area contributed by atoms with Gasteiger partial charge in [0.25, 0.3) is 0 Å². The fourth-order valence-corrected chi connectivity index (χ4v) is 3.10. The van der Waals surface area contributed by atoms with Gasteiger partial charge in [-0.3, -0.25) is 4.79 Å². The predicted octanol–water partition coefficient (Wildman–Crippen LogP) is 4.68. The number of halogens is 2. The topological polar surface area (TPSA) is 55.1 Å². The standard InChI is InChI=1S/C14H20Cl2N2OS/c1-8(2)9(3)20-5-4-13(19)18-14-11(15)6-10(17)7-12(14)16/h6-9H,4-5,17H2,1-3H3,(H,18,19). The minimum absolute atomic E-state index is 0.0953. The monoisotopic (exact) mass is 334 g/mol. The second-order valence-corrected chi connectivity index (χ2v) is 7.28. The van der Waals surface area contributed by atoms with Crippen LogP contribution in [-0.4, -0.2) is 16.9 Å². The van der Waals surface area contributed by atoms with Crippen molar-refractivity contribution in [3.8, 4) is 0 Å². The zero-order valence-corrected chi connectivity index (χ0v) is 14.2. The van der Waals surface area contributed by atoms with Crippen LogP contribution in [0.25, 0.3) is 0 Å². The van der Waals surface area contributed by atoms with Crippen LogP contribution in [0.1, 0.15) is 27.2 Å². The number of nitrogen functional groups attached to an aromatic ring is 1. The number of amides is 1. The van der Waals surface area contributed by atoms with Crippen LogP contribution >= 0.6 is 35.0 Å². The molecule has 0 aliphatic carbocycles. The first-order chi connectivity index (χ1) is 9.31. The van der Waals surface area contributed by atoms with Crippen LogP contribution in [0, 0.1) is 5.92 Å². The number of carbonyl (C=O) groups excluding carboxylic acids is 1. The molecule has 20 heavy (non-hydrogen) atoms. The molecule has 0 aliphatic rings. The number of nitrogens with two attached hydrogens (primary N) is 1. The number of hydrogen-bond acceptors (Lipinski definition) is 3. The van der Waals surface area contributed by atoms with Crippen LogP contribution in [0.2, 0.25) is 10.0 Å². The number of nitrogens with one attached hydrogen (secondary N) is 1.